The maximum atomic E-state index is 5.71. The van der Waals surface area contributed by atoms with Crippen LogP contribution in [0.4, 0.5) is 0 Å². The molecule has 1 unspecified atom stereocenters. The van der Waals surface area contributed by atoms with Crippen molar-refractivity contribution in [1.29, 1.82) is 0 Å². The van der Waals surface area contributed by atoms with Gasteiger partial charge < -0.3 is 0 Å². The van der Waals surface area contributed by atoms with Gasteiger partial charge in [0.1, 0.15) is 0 Å². The lowest BCUT2D eigenvalue weighted by Crippen LogP contribution is -1.94. The van der Waals surface area contributed by atoms with Gasteiger partial charge in [-0.05, 0) is 5.41 Å². The number of halogens is 3. The van der Waals surface area contributed by atoms with E-state index < -0.39 is 0 Å². The van der Waals surface area contributed by atoms with E-state index in [2.05, 4.69) is 45.7 Å². The molecule has 1 aliphatic rings. The van der Waals surface area contributed by atoms with Crippen LogP contribution in [0.15, 0.2) is 0 Å². The van der Waals surface area contributed by atoms with Gasteiger partial charge in [-0.25, -0.2) is 0 Å². The Morgan fingerprint density at radius 1 is 1.44 bits per heavy atom. The minimum Gasteiger partial charge on any atom is -0.126 e. The molecule has 3 heteroatoms. The summed E-state index contributed by atoms with van der Waals surface area (Å²) in [5.41, 5.74) is 0.314. The maximum Gasteiger partial charge on any atom is 0.0905 e. The Labute approximate surface area is 77.6 Å². The van der Waals surface area contributed by atoms with Gasteiger partial charge in [0.25, 0.3) is 0 Å². The Kier molecular flexibility index (Phi) is 1.96. The largest absolute Gasteiger partial charge is 0.126 e. The van der Waals surface area contributed by atoms with E-state index in [-0.39, 0.29) is 3.23 Å². The van der Waals surface area contributed by atoms with Crippen molar-refractivity contribution in [3.8, 4) is 0 Å². The van der Waals surface area contributed by atoms with E-state index in [0.29, 0.717) is 11.3 Å². The van der Waals surface area contributed by atoms with E-state index in [1.54, 1.807) is 0 Å². The summed E-state index contributed by atoms with van der Waals surface area (Å²) in [4.78, 5) is 0. The Bertz CT molecular complexity index is 117. The zero-order valence-corrected chi connectivity index (χ0v) is 9.35. The van der Waals surface area contributed by atoms with Crippen LogP contribution in [0.1, 0.15) is 13.8 Å². The highest BCUT2D eigenvalue weighted by Crippen LogP contribution is 2.71. The first-order chi connectivity index (χ1) is 3.94. The fourth-order valence-corrected chi connectivity index (χ4v) is 3.83. The number of alkyl halides is 3. The highest BCUT2D eigenvalue weighted by atomic mass is 79.9. The average Bonchev–Trinajstić information content (AvgIpc) is 2.00. The first-order valence-corrected chi connectivity index (χ1v) is 5.00. The van der Waals surface area contributed by atoms with Crippen molar-refractivity contribution in [2.24, 2.45) is 11.3 Å². The Hall–Kier alpha value is 1.25. The molecule has 0 N–H and O–H groups in total. The normalized spacial score (nSPS) is 36.3. The van der Waals surface area contributed by atoms with Crippen molar-refractivity contribution < 1.29 is 0 Å². The van der Waals surface area contributed by atoms with Crippen LogP contribution >= 0.6 is 43.5 Å². The lowest BCUT2D eigenvalue weighted by molar-refractivity contribution is 0.588. The second-order valence-corrected chi connectivity index (χ2v) is 6.93. The monoisotopic (exact) mass is 274 g/mol. The lowest BCUT2D eigenvalue weighted by atomic mass is 10.1. The molecule has 0 aromatic carbocycles. The smallest absolute Gasteiger partial charge is 0.0905 e. The predicted molar refractivity (Wildman–Crippen MR) is 48.6 cm³/mol. The third kappa shape index (κ3) is 0.982. The fourth-order valence-electron chi connectivity index (χ4n) is 1.05. The molecule has 0 saturated heterocycles. The van der Waals surface area contributed by atoms with Gasteiger partial charge in [0.05, 0.1) is 3.23 Å². The van der Waals surface area contributed by atoms with Crippen LogP contribution in [-0.4, -0.2) is 9.11 Å². The standard InChI is InChI=1S/C6H9Br2Cl/c1-5(2)4(3-9)6(5,7)8/h4H,3H2,1-2H3. The second kappa shape index (κ2) is 2.12. The first kappa shape index (κ1) is 8.35. The van der Waals surface area contributed by atoms with E-state index >= 15 is 0 Å². The fraction of sp³-hybridized carbons (Fsp3) is 1.00. The van der Waals surface area contributed by atoms with Crippen molar-refractivity contribution in [1.82, 2.24) is 0 Å². The van der Waals surface area contributed by atoms with Gasteiger partial charge >= 0.3 is 0 Å². The summed E-state index contributed by atoms with van der Waals surface area (Å²) in [5, 5.41) is 0. The molecule has 0 radical (unpaired) electrons. The number of hydrogen-bond donors (Lipinski definition) is 0. The van der Waals surface area contributed by atoms with Crippen molar-refractivity contribution in [2.75, 3.05) is 5.88 Å². The SMILES string of the molecule is CC1(C)C(CCl)C1(Br)Br. The third-order valence-electron chi connectivity index (χ3n) is 2.24. The molecular weight excluding hydrogens is 267 g/mol. The van der Waals surface area contributed by atoms with Crippen LogP contribution in [-0.2, 0) is 0 Å². The van der Waals surface area contributed by atoms with Crippen molar-refractivity contribution in [3.63, 3.8) is 0 Å². The van der Waals surface area contributed by atoms with Crippen molar-refractivity contribution in [2.45, 2.75) is 17.1 Å². The first-order valence-electron chi connectivity index (χ1n) is 2.88. The molecule has 0 amide bonds. The average molecular weight is 276 g/mol. The molecule has 0 aliphatic heterocycles. The molecule has 0 aromatic rings. The van der Waals surface area contributed by atoms with Crippen molar-refractivity contribution >= 4 is 43.5 Å². The van der Waals surface area contributed by atoms with Crippen molar-refractivity contribution in [3.05, 3.63) is 0 Å². The Morgan fingerprint density at radius 3 is 1.78 bits per heavy atom. The second-order valence-electron chi connectivity index (χ2n) is 3.05. The number of rotatable bonds is 1. The summed E-state index contributed by atoms with van der Waals surface area (Å²) in [5.74, 6) is 1.29. The van der Waals surface area contributed by atoms with Crippen LogP contribution < -0.4 is 0 Å². The van der Waals surface area contributed by atoms with E-state index in [1.165, 1.54) is 0 Å². The van der Waals surface area contributed by atoms with Gasteiger partial charge in [0.2, 0.25) is 0 Å². The lowest BCUT2D eigenvalue weighted by Gasteiger charge is -1.99. The summed E-state index contributed by atoms with van der Waals surface area (Å²) in [6.07, 6.45) is 0. The highest BCUT2D eigenvalue weighted by Gasteiger charge is 2.68. The Morgan fingerprint density at radius 2 is 1.78 bits per heavy atom. The summed E-state index contributed by atoms with van der Waals surface area (Å²) >= 11 is 12.8. The molecule has 0 heterocycles. The molecule has 54 valence electrons. The van der Waals surface area contributed by atoms with Gasteiger partial charge in [-0.2, -0.15) is 0 Å². The van der Waals surface area contributed by atoms with Gasteiger partial charge in [-0.3, -0.25) is 0 Å². The molecule has 1 saturated carbocycles. The van der Waals surface area contributed by atoms with Gasteiger partial charge in [0.15, 0.2) is 0 Å². The zero-order valence-electron chi connectivity index (χ0n) is 5.42. The zero-order chi connectivity index (χ0) is 7.28. The van der Waals surface area contributed by atoms with Crippen LogP contribution in [0, 0.1) is 11.3 Å². The van der Waals surface area contributed by atoms with Crippen LogP contribution in [0.3, 0.4) is 0 Å². The molecule has 9 heavy (non-hydrogen) atoms. The van der Waals surface area contributed by atoms with Gasteiger partial charge in [-0.15, -0.1) is 11.6 Å². The summed E-state index contributed by atoms with van der Waals surface area (Å²) in [6, 6.07) is 0. The van der Waals surface area contributed by atoms with Crippen LogP contribution in [0.25, 0.3) is 0 Å². The van der Waals surface area contributed by atoms with E-state index in [9.17, 15) is 0 Å². The number of hydrogen-bond acceptors (Lipinski definition) is 0. The Balaban J connectivity index is 2.66. The summed E-state index contributed by atoms with van der Waals surface area (Å²) in [6.45, 7) is 4.40. The van der Waals surface area contributed by atoms with Gasteiger partial charge in [-0.1, -0.05) is 45.7 Å². The van der Waals surface area contributed by atoms with Crippen LogP contribution in [0.5, 0.6) is 0 Å². The molecule has 0 nitrogen and oxygen atoms in total. The van der Waals surface area contributed by atoms with Crippen LogP contribution in [0.2, 0.25) is 0 Å². The minimum atomic E-state index is 0.106. The topological polar surface area (TPSA) is 0 Å². The molecule has 1 fully saturated rings. The summed E-state index contributed by atoms with van der Waals surface area (Å²) in [7, 11) is 0. The minimum absolute atomic E-state index is 0.106. The predicted octanol–water partition coefficient (Wildman–Crippen LogP) is 3.37. The molecule has 0 spiro atoms. The quantitative estimate of drug-likeness (QED) is 0.644. The molecule has 1 aliphatic carbocycles. The molecular formula is C6H9Br2Cl. The third-order valence-corrected chi connectivity index (χ3v) is 5.70. The molecule has 0 bridgehead atoms. The highest BCUT2D eigenvalue weighted by molar-refractivity contribution is 9.25. The van der Waals surface area contributed by atoms with E-state index in [4.69, 9.17) is 11.6 Å². The molecule has 1 rings (SSSR count). The molecule has 1 atom stereocenters. The van der Waals surface area contributed by atoms with Gasteiger partial charge in [0, 0.05) is 11.8 Å². The van der Waals surface area contributed by atoms with E-state index in [1.807, 2.05) is 0 Å². The van der Waals surface area contributed by atoms with E-state index in [0.717, 1.165) is 5.88 Å². The molecule has 0 aromatic heterocycles. The summed E-state index contributed by atoms with van der Waals surface area (Å²) < 4.78 is 0.106. The maximum absolute atomic E-state index is 5.71.